The summed E-state index contributed by atoms with van der Waals surface area (Å²) in [6, 6.07) is 12.3. The Bertz CT molecular complexity index is 1540. The van der Waals surface area contributed by atoms with Gasteiger partial charge in [0, 0.05) is 61.5 Å². The number of piperidine rings is 1. The van der Waals surface area contributed by atoms with E-state index in [0.717, 1.165) is 65.5 Å². The van der Waals surface area contributed by atoms with E-state index in [1.165, 1.54) is 0 Å². The van der Waals surface area contributed by atoms with Crippen molar-refractivity contribution in [3.8, 4) is 28.6 Å². The summed E-state index contributed by atoms with van der Waals surface area (Å²) in [6.07, 6.45) is 8.02. The number of rotatable bonds is 4. The molecular formula is C28H28N8O. The molecule has 1 fully saturated rings. The Labute approximate surface area is 215 Å². The molecule has 186 valence electrons. The second-order valence-electron chi connectivity index (χ2n) is 9.96. The third kappa shape index (κ3) is 3.90. The van der Waals surface area contributed by atoms with E-state index in [1.807, 2.05) is 36.5 Å². The number of imidazole rings is 1. The monoisotopic (exact) mass is 492 g/mol. The van der Waals surface area contributed by atoms with Gasteiger partial charge in [0.2, 0.25) is 5.91 Å². The van der Waals surface area contributed by atoms with Crippen LogP contribution in [0.25, 0.3) is 28.2 Å². The number of fused-ring (bicyclic) bond motifs is 2. The Hall–Kier alpha value is -4.29. The summed E-state index contributed by atoms with van der Waals surface area (Å²) in [5.41, 5.74) is 5.72. The topological polar surface area (TPSA) is 93.7 Å². The first-order valence-electron chi connectivity index (χ1n) is 12.5. The van der Waals surface area contributed by atoms with Crippen molar-refractivity contribution in [3.05, 3.63) is 60.0 Å². The van der Waals surface area contributed by atoms with Gasteiger partial charge in [-0.05, 0) is 45.1 Å². The van der Waals surface area contributed by atoms with Gasteiger partial charge in [-0.1, -0.05) is 12.1 Å². The highest BCUT2D eigenvalue weighted by Gasteiger charge is 2.29. The highest BCUT2D eigenvalue weighted by atomic mass is 16.2. The van der Waals surface area contributed by atoms with E-state index in [1.54, 1.807) is 24.3 Å². The smallest absolute Gasteiger partial charge is 0.232 e. The van der Waals surface area contributed by atoms with Crippen LogP contribution in [0.15, 0.2) is 48.9 Å². The molecule has 2 aliphatic heterocycles. The number of carbonyl (C=O) groups is 1. The molecule has 6 rings (SSSR count). The van der Waals surface area contributed by atoms with Crippen LogP contribution in [0.3, 0.4) is 0 Å². The summed E-state index contributed by atoms with van der Waals surface area (Å²) in [6.45, 7) is 1.80. The number of nitriles is 1. The lowest BCUT2D eigenvalue weighted by Crippen LogP contribution is -2.42. The number of likely N-dealkylation sites (N-methyl/N-ethyl adjacent to an activating group) is 1. The van der Waals surface area contributed by atoms with Crippen LogP contribution in [-0.4, -0.2) is 70.4 Å². The number of anilines is 2. The summed E-state index contributed by atoms with van der Waals surface area (Å²) in [7, 11) is 6.03. The second kappa shape index (κ2) is 8.98. The van der Waals surface area contributed by atoms with Gasteiger partial charge < -0.3 is 9.80 Å². The fraction of sp³-hybridized carbons (Fsp3) is 0.321. The van der Waals surface area contributed by atoms with Gasteiger partial charge in [0.25, 0.3) is 0 Å². The van der Waals surface area contributed by atoms with Gasteiger partial charge in [0.1, 0.15) is 5.82 Å². The number of carbonyl (C=O) groups excluding carboxylic acids is 1. The van der Waals surface area contributed by atoms with E-state index in [4.69, 9.17) is 9.97 Å². The zero-order chi connectivity index (χ0) is 25.7. The lowest BCUT2D eigenvalue weighted by Gasteiger charge is -2.36. The van der Waals surface area contributed by atoms with Crippen LogP contribution in [0.5, 0.6) is 0 Å². The summed E-state index contributed by atoms with van der Waals surface area (Å²) in [4.78, 5) is 33.1. The van der Waals surface area contributed by atoms with Gasteiger partial charge in [-0.25, -0.2) is 15.0 Å². The standard InChI is InChI=1S/C28H28N8O/c1-33(2)22-8-11-35(12-9-22)28-27-30-10-13-36(27)25(24(32-28)19-6-4-18(16-29)5-7-19)21-14-20-15-23(37)34(3)26(20)31-17-21/h4-7,10,13-14,17,22H,8-9,11-12,15H2,1-3H3. The van der Waals surface area contributed by atoms with Gasteiger partial charge >= 0.3 is 0 Å². The Kier molecular flexibility index (Phi) is 5.61. The molecule has 0 saturated carbocycles. The molecule has 1 saturated heterocycles. The van der Waals surface area contributed by atoms with Crippen LogP contribution in [0, 0.1) is 11.3 Å². The van der Waals surface area contributed by atoms with E-state index in [0.29, 0.717) is 23.8 Å². The van der Waals surface area contributed by atoms with Crippen LogP contribution in [-0.2, 0) is 11.2 Å². The minimum atomic E-state index is 0.0364. The minimum absolute atomic E-state index is 0.0364. The van der Waals surface area contributed by atoms with Gasteiger partial charge in [0.05, 0.1) is 29.4 Å². The lowest BCUT2D eigenvalue weighted by atomic mass is 10.0. The first-order chi connectivity index (χ1) is 17.9. The van der Waals surface area contributed by atoms with Crippen molar-refractivity contribution in [1.29, 1.82) is 5.26 Å². The number of aromatic nitrogens is 4. The Morgan fingerprint density at radius 1 is 1.05 bits per heavy atom. The Morgan fingerprint density at radius 3 is 2.51 bits per heavy atom. The highest BCUT2D eigenvalue weighted by Crippen LogP contribution is 2.37. The first kappa shape index (κ1) is 23.1. The average molecular weight is 493 g/mol. The molecule has 0 radical (unpaired) electrons. The molecule has 0 spiro atoms. The van der Waals surface area contributed by atoms with Gasteiger partial charge in [-0.2, -0.15) is 5.26 Å². The molecule has 37 heavy (non-hydrogen) atoms. The van der Waals surface area contributed by atoms with Gasteiger partial charge in [0.15, 0.2) is 11.5 Å². The summed E-state index contributed by atoms with van der Waals surface area (Å²) in [5.74, 6) is 1.59. The molecule has 0 N–H and O–H groups in total. The summed E-state index contributed by atoms with van der Waals surface area (Å²) < 4.78 is 2.08. The molecule has 9 nitrogen and oxygen atoms in total. The van der Waals surface area contributed by atoms with Crippen molar-refractivity contribution in [2.75, 3.05) is 44.0 Å². The van der Waals surface area contributed by atoms with Crippen LogP contribution in [0.4, 0.5) is 11.6 Å². The molecule has 5 heterocycles. The van der Waals surface area contributed by atoms with Crippen molar-refractivity contribution in [2.24, 2.45) is 0 Å². The molecular weight excluding hydrogens is 464 g/mol. The van der Waals surface area contributed by atoms with Crippen LogP contribution in [0.1, 0.15) is 24.0 Å². The van der Waals surface area contributed by atoms with Gasteiger partial charge in [-0.3, -0.25) is 14.1 Å². The summed E-state index contributed by atoms with van der Waals surface area (Å²) in [5, 5.41) is 9.32. The molecule has 0 bridgehead atoms. The first-order valence-corrected chi connectivity index (χ1v) is 12.5. The summed E-state index contributed by atoms with van der Waals surface area (Å²) >= 11 is 0. The quantitative estimate of drug-likeness (QED) is 0.431. The average Bonchev–Trinajstić information content (AvgIpc) is 3.52. The molecule has 9 heteroatoms. The van der Waals surface area contributed by atoms with E-state index < -0.39 is 0 Å². The zero-order valence-electron chi connectivity index (χ0n) is 21.2. The van der Waals surface area contributed by atoms with E-state index in [-0.39, 0.29) is 5.91 Å². The van der Waals surface area contributed by atoms with E-state index >= 15 is 0 Å². The van der Waals surface area contributed by atoms with E-state index in [9.17, 15) is 10.1 Å². The van der Waals surface area contributed by atoms with Crippen molar-refractivity contribution >= 4 is 23.2 Å². The van der Waals surface area contributed by atoms with Gasteiger partial charge in [-0.15, -0.1) is 0 Å². The number of hydrogen-bond donors (Lipinski definition) is 0. The van der Waals surface area contributed by atoms with Crippen LogP contribution in [0.2, 0.25) is 0 Å². The van der Waals surface area contributed by atoms with Crippen molar-refractivity contribution in [2.45, 2.75) is 25.3 Å². The predicted octanol–water partition coefficient (Wildman–Crippen LogP) is 3.38. The number of benzene rings is 1. The number of pyridine rings is 1. The fourth-order valence-corrected chi connectivity index (χ4v) is 5.42. The maximum atomic E-state index is 12.3. The third-order valence-corrected chi connectivity index (χ3v) is 7.56. The molecule has 0 aliphatic carbocycles. The van der Waals surface area contributed by atoms with Crippen LogP contribution >= 0.6 is 0 Å². The minimum Gasteiger partial charge on any atom is -0.353 e. The van der Waals surface area contributed by atoms with Crippen LogP contribution < -0.4 is 9.80 Å². The number of hydrogen-bond acceptors (Lipinski definition) is 7. The SMILES string of the molecule is CN1C(=O)Cc2cc(-c3c(-c4ccc(C#N)cc4)nc(N4CCC(N(C)C)CC4)c4nccn34)cnc21. The van der Waals surface area contributed by atoms with Crippen molar-refractivity contribution in [1.82, 2.24) is 24.3 Å². The molecule has 3 aromatic heterocycles. The second-order valence-corrected chi connectivity index (χ2v) is 9.96. The Balaban J connectivity index is 1.53. The normalized spacial score (nSPS) is 16.0. The molecule has 0 atom stereocenters. The molecule has 0 unspecified atom stereocenters. The molecule has 4 aromatic rings. The maximum absolute atomic E-state index is 12.3. The highest BCUT2D eigenvalue weighted by molar-refractivity contribution is 6.00. The molecule has 1 aromatic carbocycles. The van der Waals surface area contributed by atoms with E-state index in [2.05, 4.69) is 39.3 Å². The van der Waals surface area contributed by atoms with Crippen molar-refractivity contribution < 1.29 is 4.79 Å². The lowest BCUT2D eigenvalue weighted by molar-refractivity contribution is -0.117. The predicted molar refractivity (Wildman–Crippen MR) is 142 cm³/mol. The zero-order valence-corrected chi connectivity index (χ0v) is 21.2. The number of nitrogens with zero attached hydrogens (tertiary/aromatic N) is 8. The Morgan fingerprint density at radius 2 is 1.81 bits per heavy atom. The molecule has 2 aliphatic rings. The molecule has 1 amide bonds. The number of amides is 1. The maximum Gasteiger partial charge on any atom is 0.232 e. The third-order valence-electron chi connectivity index (χ3n) is 7.56. The largest absolute Gasteiger partial charge is 0.353 e. The van der Waals surface area contributed by atoms with Crippen molar-refractivity contribution in [3.63, 3.8) is 0 Å². The fourth-order valence-electron chi connectivity index (χ4n) is 5.42.